The Balaban J connectivity index is 1.59. The summed E-state index contributed by atoms with van der Waals surface area (Å²) in [6.45, 7) is 4.16. The summed E-state index contributed by atoms with van der Waals surface area (Å²) in [5.74, 6) is -0.553. The van der Waals surface area contributed by atoms with Crippen molar-refractivity contribution in [3.05, 3.63) is 125 Å². The average molecular weight is 600 g/mol. The molecule has 6 rings (SSSR count). The first-order valence-corrected chi connectivity index (χ1v) is 14.1. The van der Waals surface area contributed by atoms with Crippen LogP contribution in [0.15, 0.2) is 104 Å². The van der Waals surface area contributed by atoms with Crippen LogP contribution in [0, 0.1) is 0 Å². The summed E-state index contributed by atoms with van der Waals surface area (Å²) in [4.78, 5) is 48.3. The van der Waals surface area contributed by atoms with Crippen molar-refractivity contribution < 1.29 is 9.59 Å². The zero-order chi connectivity index (χ0) is 27.3. The van der Waals surface area contributed by atoms with Gasteiger partial charge in [0, 0.05) is 22.3 Å². The van der Waals surface area contributed by atoms with E-state index in [1.165, 1.54) is 11.3 Å². The van der Waals surface area contributed by atoms with Crippen molar-refractivity contribution in [1.82, 2.24) is 4.57 Å². The maximum absolute atomic E-state index is 14.2. The van der Waals surface area contributed by atoms with Crippen molar-refractivity contribution in [1.29, 1.82) is 0 Å². The van der Waals surface area contributed by atoms with Crippen LogP contribution < -0.4 is 25.1 Å². The van der Waals surface area contributed by atoms with Crippen LogP contribution in [0.3, 0.4) is 0 Å². The van der Waals surface area contributed by atoms with E-state index in [-0.39, 0.29) is 17.4 Å². The molecule has 1 atom stereocenters. The van der Waals surface area contributed by atoms with E-state index >= 15 is 0 Å². The second-order valence-electron chi connectivity index (χ2n) is 9.22. The summed E-state index contributed by atoms with van der Waals surface area (Å²) in [6.07, 6.45) is 0. The molecule has 39 heavy (non-hydrogen) atoms. The van der Waals surface area contributed by atoms with Gasteiger partial charge < -0.3 is 10.2 Å². The van der Waals surface area contributed by atoms with Crippen LogP contribution in [-0.2, 0) is 9.59 Å². The molecule has 2 amide bonds. The Kier molecular flexibility index (Phi) is 6.40. The fourth-order valence-corrected chi connectivity index (χ4v) is 6.67. The molecule has 7 nitrogen and oxygen atoms in total. The lowest BCUT2D eigenvalue weighted by atomic mass is 9.95. The number of nitrogens with zero attached hydrogens (tertiary/aromatic N) is 3. The lowest BCUT2D eigenvalue weighted by Gasteiger charge is -2.25. The highest BCUT2D eigenvalue weighted by Gasteiger charge is 2.36. The maximum atomic E-state index is 14.2. The number of fused-ring (bicyclic) bond motifs is 2. The van der Waals surface area contributed by atoms with Crippen molar-refractivity contribution in [2.75, 3.05) is 16.8 Å². The number of rotatable bonds is 4. The number of nitrogens with one attached hydrogen (secondary N) is 1. The lowest BCUT2D eigenvalue weighted by molar-refractivity contribution is -0.114. The Labute approximate surface area is 236 Å². The molecule has 1 N–H and O–H groups in total. The number of likely N-dealkylation sites (N-methyl/N-ethyl adjacent to an activating group) is 1. The quantitative estimate of drug-likeness (QED) is 0.378. The van der Waals surface area contributed by atoms with E-state index < -0.39 is 6.04 Å². The first-order valence-electron chi connectivity index (χ1n) is 12.5. The Morgan fingerprint density at radius 2 is 1.72 bits per heavy atom. The topological polar surface area (TPSA) is 83.8 Å². The number of aromatic nitrogens is 1. The number of carbonyl (C=O) groups is 2. The van der Waals surface area contributed by atoms with Crippen LogP contribution >= 0.6 is 27.3 Å². The minimum absolute atomic E-state index is 0.218. The first kappa shape index (κ1) is 25.2. The molecular formula is C30H23BrN4O3S. The summed E-state index contributed by atoms with van der Waals surface area (Å²) in [5, 5.41) is 2.95. The van der Waals surface area contributed by atoms with Gasteiger partial charge in [0.1, 0.15) is 4.53 Å². The molecule has 9 heteroatoms. The minimum atomic E-state index is -0.707. The van der Waals surface area contributed by atoms with Gasteiger partial charge in [-0.3, -0.25) is 19.0 Å². The summed E-state index contributed by atoms with van der Waals surface area (Å²) >= 11 is 4.69. The highest BCUT2D eigenvalue weighted by atomic mass is 79.9. The van der Waals surface area contributed by atoms with Crippen LogP contribution in [0.1, 0.15) is 31.0 Å². The zero-order valence-corrected chi connectivity index (χ0v) is 23.5. The Morgan fingerprint density at radius 3 is 2.41 bits per heavy atom. The van der Waals surface area contributed by atoms with Gasteiger partial charge in [-0.2, -0.15) is 0 Å². The van der Waals surface area contributed by atoms with Crippen molar-refractivity contribution in [2.24, 2.45) is 4.99 Å². The van der Waals surface area contributed by atoms with E-state index in [1.807, 2.05) is 85.8 Å². The number of halogens is 1. The third kappa shape index (κ3) is 4.18. The Bertz CT molecular complexity index is 1860. The predicted octanol–water partition coefficient (Wildman–Crippen LogP) is 4.37. The van der Waals surface area contributed by atoms with Crippen LogP contribution in [0.25, 0.3) is 5.57 Å². The second kappa shape index (κ2) is 9.91. The van der Waals surface area contributed by atoms with Gasteiger partial charge in [0.2, 0.25) is 0 Å². The van der Waals surface area contributed by atoms with Gasteiger partial charge in [0.15, 0.2) is 4.80 Å². The number of benzene rings is 3. The average Bonchev–Trinajstić information content (AvgIpc) is 3.40. The van der Waals surface area contributed by atoms with E-state index in [9.17, 15) is 14.4 Å². The van der Waals surface area contributed by atoms with E-state index in [2.05, 4.69) is 21.2 Å². The molecule has 2 aliphatic heterocycles. The molecule has 2 aliphatic rings. The van der Waals surface area contributed by atoms with Gasteiger partial charge in [0.25, 0.3) is 17.4 Å². The van der Waals surface area contributed by atoms with Crippen molar-refractivity contribution >= 4 is 56.0 Å². The largest absolute Gasteiger partial charge is 0.322 e. The number of para-hydroxylation sites is 1. The number of hydrogen-bond acceptors (Lipinski definition) is 5. The first-order chi connectivity index (χ1) is 18.9. The fourth-order valence-electron chi connectivity index (χ4n) is 5.17. The molecule has 0 fully saturated rings. The van der Waals surface area contributed by atoms with Crippen LogP contribution in [0.2, 0.25) is 0 Å². The van der Waals surface area contributed by atoms with Gasteiger partial charge in [-0.05, 0) is 49.7 Å². The van der Waals surface area contributed by atoms with Gasteiger partial charge in [-0.25, -0.2) is 4.99 Å². The molecule has 3 heterocycles. The smallest absolute Gasteiger partial charge is 0.271 e. The van der Waals surface area contributed by atoms with Gasteiger partial charge in [0.05, 0.1) is 28.6 Å². The van der Waals surface area contributed by atoms with E-state index in [4.69, 9.17) is 4.99 Å². The summed E-state index contributed by atoms with van der Waals surface area (Å²) in [6, 6.07) is 23.5. The van der Waals surface area contributed by atoms with Crippen LogP contribution in [0.5, 0.6) is 0 Å². The minimum Gasteiger partial charge on any atom is -0.322 e. The molecule has 0 saturated carbocycles. The molecule has 0 unspecified atom stereocenters. The fraction of sp³-hybridized carbons (Fsp3) is 0.133. The monoisotopic (exact) mass is 598 g/mol. The molecule has 4 aromatic rings. The lowest BCUT2D eigenvalue weighted by Crippen LogP contribution is -2.41. The molecule has 1 aromatic heterocycles. The number of amides is 2. The molecule has 0 aliphatic carbocycles. The molecule has 0 radical (unpaired) electrons. The van der Waals surface area contributed by atoms with Crippen molar-refractivity contribution in [2.45, 2.75) is 19.9 Å². The predicted molar refractivity (Wildman–Crippen MR) is 156 cm³/mol. The normalized spacial score (nSPS) is 17.6. The van der Waals surface area contributed by atoms with Gasteiger partial charge >= 0.3 is 0 Å². The van der Waals surface area contributed by atoms with Gasteiger partial charge in [-0.1, -0.05) is 75.8 Å². The van der Waals surface area contributed by atoms with Gasteiger partial charge in [-0.15, -0.1) is 0 Å². The van der Waals surface area contributed by atoms with Crippen LogP contribution in [0.4, 0.5) is 11.4 Å². The summed E-state index contributed by atoms with van der Waals surface area (Å²) in [7, 11) is 0. The SMILES string of the molecule is CCN1C(=O)/C(=c2/sc3n(c2=O)[C@@H](c2ccccc2)C(C(=O)Nc2ccccc2)=C(C)N=3)c2cc(Br)ccc21. The number of allylic oxidation sites excluding steroid dienone is 1. The Hall–Kier alpha value is -4.08. The molecule has 0 bridgehead atoms. The number of hydrogen-bond donors (Lipinski definition) is 1. The van der Waals surface area contributed by atoms with E-state index in [0.29, 0.717) is 44.0 Å². The molecule has 0 saturated heterocycles. The van der Waals surface area contributed by atoms with E-state index in [1.54, 1.807) is 16.4 Å². The highest BCUT2D eigenvalue weighted by molar-refractivity contribution is 9.10. The number of carbonyl (C=O) groups excluding carboxylic acids is 2. The summed E-state index contributed by atoms with van der Waals surface area (Å²) in [5.41, 5.74) is 3.81. The zero-order valence-electron chi connectivity index (χ0n) is 21.1. The van der Waals surface area contributed by atoms with Crippen molar-refractivity contribution in [3.63, 3.8) is 0 Å². The van der Waals surface area contributed by atoms with E-state index in [0.717, 1.165) is 15.7 Å². The third-order valence-electron chi connectivity index (χ3n) is 6.91. The number of anilines is 2. The van der Waals surface area contributed by atoms with Crippen molar-refractivity contribution in [3.8, 4) is 0 Å². The molecular weight excluding hydrogens is 576 g/mol. The summed E-state index contributed by atoms with van der Waals surface area (Å²) < 4.78 is 2.68. The molecule has 3 aromatic carbocycles. The highest BCUT2D eigenvalue weighted by Crippen LogP contribution is 2.37. The Morgan fingerprint density at radius 1 is 1.03 bits per heavy atom. The van der Waals surface area contributed by atoms with Crippen LogP contribution in [-0.4, -0.2) is 22.9 Å². The second-order valence-corrected chi connectivity index (χ2v) is 11.1. The standard InChI is InChI=1S/C30H23BrN4O3S/c1-3-34-22-15-14-19(31)16-21(22)24(28(34)37)26-29(38)35-25(18-10-6-4-7-11-18)23(17(2)32-30(35)39-26)27(36)33-20-12-8-5-9-13-20/h4-16,25H,3H2,1-2H3,(H,33,36)/b26-24+/t25-/m0/s1. The number of thiazole rings is 1. The molecule has 0 spiro atoms. The molecule has 194 valence electrons. The third-order valence-corrected chi connectivity index (χ3v) is 8.46. The maximum Gasteiger partial charge on any atom is 0.271 e.